The van der Waals surface area contributed by atoms with Crippen LogP contribution in [0.25, 0.3) is 0 Å². The monoisotopic (exact) mass is 458 g/mol. The Balaban J connectivity index is 1.83. The lowest BCUT2D eigenvalue weighted by molar-refractivity contribution is -0.229. The van der Waals surface area contributed by atoms with Crippen LogP contribution in [0.4, 0.5) is 8.78 Å². The summed E-state index contributed by atoms with van der Waals surface area (Å²) in [6.45, 7) is 6.37. The molecule has 3 fully saturated rings. The number of ketones is 1. The van der Waals surface area contributed by atoms with E-state index >= 15 is 8.78 Å². The Labute approximate surface area is 188 Å². The molecule has 0 aromatic heterocycles. The van der Waals surface area contributed by atoms with E-state index in [1.165, 1.54) is 6.08 Å². The zero-order valence-electron chi connectivity index (χ0n) is 19.2. The average molecular weight is 459 g/mol. The van der Waals surface area contributed by atoms with Gasteiger partial charge in [-0.1, -0.05) is 20.8 Å². The summed E-state index contributed by atoms with van der Waals surface area (Å²) in [5, 5.41) is 11.4. The average Bonchev–Trinajstić information content (AvgIpc) is 2.98. The predicted octanol–water partition coefficient (Wildman–Crippen LogP) is 4.64. The van der Waals surface area contributed by atoms with Gasteiger partial charge in [-0.3, -0.25) is 4.79 Å². The number of ether oxygens (including phenoxy) is 2. The summed E-state index contributed by atoms with van der Waals surface area (Å²) in [6, 6.07) is 0. The van der Waals surface area contributed by atoms with Crippen LogP contribution in [0.3, 0.4) is 0 Å². The molecule has 4 aliphatic carbocycles. The number of carbonyl (C=O) groups is 1. The lowest BCUT2D eigenvalue weighted by Crippen LogP contribution is -2.70. The van der Waals surface area contributed by atoms with Crippen LogP contribution in [-0.2, 0) is 14.3 Å². The molecule has 0 radical (unpaired) electrons. The van der Waals surface area contributed by atoms with Crippen molar-refractivity contribution in [3.05, 3.63) is 11.6 Å². The molecule has 9 atom stereocenters. The molecule has 0 aliphatic heterocycles. The Morgan fingerprint density at radius 3 is 2.61 bits per heavy atom. The third-order valence-corrected chi connectivity index (χ3v) is 10.7. The molecule has 4 aliphatic rings. The standard InChI is InChI=1S/C24H36F2O4S/c1-6-9-30-24(31-5)20(29-4)12-15-16-11-18(25)17-10-14(27)7-8-21(17,2)23(16,26)19(28)13-22(15,24)3/h10,15-16,18-20,28H,6-9,11-13H2,1-5H3/t15?,16?,18-,19-,20+,21-,22-,23-,24-/m0/s1. The second-order valence-electron chi connectivity index (χ2n) is 10.4. The number of thioether (sulfide) groups is 1. The largest absolute Gasteiger partial charge is 0.390 e. The van der Waals surface area contributed by atoms with E-state index in [0.29, 0.717) is 13.0 Å². The van der Waals surface area contributed by atoms with Crippen molar-refractivity contribution in [2.45, 2.75) is 88.3 Å². The van der Waals surface area contributed by atoms with Crippen molar-refractivity contribution in [3.63, 3.8) is 0 Å². The summed E-state index contributed by atoms with van der Waals surface area (Å²) >= 11 is 1.57. The highest BCUT2D eigenvalue weighted by molar-refractivity contribution is 7.99. The van der Waals surface area contributed by atoms with Gasteiger partial charge in [0.15, 0.2) is 5.78 Å². The quantitative estimate of drug-likeness (QED) is 0.609. The van der Waals surface area contributed by atoms with E-state index < -0.39 is 39.6 Å². The second kappa shape index (κ2) is 7.78. The lowest BCUT2D eigenvalue weighted by Gasteiger charge is -2.64. The second-order valence-corrected chi connectivity index (χ2v) is 11.4. The fraction of sp³-hybridized carbons (Fsp3) is 0.875. The number of halogens is 2. The molecule has 2 unspecified atom stereocenters. The van der Waals surface area contributed by atoms with Gasteiger partial charge in [-0.05, 0) is 55.9 Å². The molecule has 0 saturated heterocycles. The van der Waals surface area contributed by atoms with Gasteiger partial charge >= 0.3 is 0 Å². The molecule has 0 spiro atoms. The summed E-state index contributed by atoms with van der Waals surface area (Å²) in [4.78, 5) is 11.3. The summed E-state index contributed by atoms with van der Waals surface area (Å²) < 4.78 is 45.1. The van der Waals surface area contributed by atoms with E-state index in [2.05, 4.69) is 6.92 Å². The van der Waals surface area contributed by atoms with Crippen LogP contribution in [0.5, 0.6) is 0 Å². The number of allylic oxidation sites excluding steroid dienone is 1. The van der Waals surface area contributed by atoms with Crippen molar-refractivity contribution in [2.24, 2.45) is 22.7 Å². The van der Waals surface area contributed by atoms with E-state index in [1.807, 2.05) is 13.2 Å². The fourth-order valence-electron chi connectivity index (χ4n) is 7.68. The van der Waals surface area contributed by atoms with E-state index in [0.717, 1.165) is 6.42 Å². The number of hydrogen-bond acceptors (Lipinski definition) is 5. The molecule has 0 amide bonds. The Morgan fingerprint density at radius 1 is 1.29 bits per heavy atom. The summed E-state index contributed by atoms with van der Waals surface area (Å²) in [7, 11) is 1.65. The van der Waals surface area contributed by atoms with Crippen molar-refractivity contribution in [2.75, 3.05) is 20.0 Å². The molecule has 4 rings (SSSR count). The highest BCUT2D eigenvalue weighted by Crippen LogP contribution is 2.72. The third kappa shape index (κ3) is 2.85. The number of fused-ring (bicyclic) bond motifs is 5. The SMILES string of the molecule is CCCO[C@]1(SC)[C@H](OC)CC2C3C[C@H](F)C4=CC(=O)CC[C@]4(C)[C@@]3(F)[C@@H](O)C[C@@]21C. The van der Waals surface area contributed by atoms with Crippen LogP contribution >= 0.6 is 11.8 Å². The van der Waals surface area contributed by atoms with Gasteiger partial charge in [-0.15, -0.1) is 11.8 Å². The number of hydrogen-bond donors (Lipinski definition) is 1. The predicted molar refractivity (Wildman–Crippen MR) is 117 cm³/mol. The van der Waals surface area contributed by atoms with Gasteiger partial charge < -0.3 is 14.6 Å². The molecule has 3 saturated carbocycles. The topological polar surface area (TPSA) is 55.8 Å². The van der Waals surface area contributed by atoms with Crippen LogP contribution in [-0.4, -0.2) is 59.8 Å². The number of carbonyl (C=O) groups excluding carboxylic acids is 1. The Morgan fingerprint density at radius 2 is 2.00 bits per heavy atom. The number of methoxy groups -OCH3 is 1. The van der Waals surface area contributed by atoms with Gasteiger partial charge in [0.1, 0.15) is 16.8 Å². The van der Waals surface area contributed by atoms with Gasteiger partial charge in [0, 0.05) is 36.9 Å². The molecule has 176 valence electrons. The maximum Gasteiger partial charge on any atom is 0.155 e. The minimum Gasteiger partial charge on any atom is -0.390 e. The Bertz CT molecular complexity index is 777. The third-order valence-electron chi connectivity index (χ3n) is 9.21. The molecule has 0 aromatic carbocycles. The zero-order valence-corrected chi connectivity index (χ0v) is 20.1. The molecule has 7 heteroatoms. The van der Waals surface area contributed by atoms with Gasteiger partial charge in [0.25, 0.3) is 0 Å². The van der Waals surface area contributed by atoms with Crippen molar-refractivity contribution in [3.8, 4) is 0 Å². The normalized spacial score (nSPS) is 51.7. The van der Waals surface area contributed by atoms with Gasteiger partial charge in [0.05, 0.1) is 12.2 Å². The molecule has 0 bridgehead atoms. The first-order chi connectivity index (χ1) is 14.6. The van der Waals surface area contributed by atoms with E-state index in [-0.39, 0.29) is 49.1 Å². The van der Waals surface area contributed by atoms with Crippen molar-refractivity contribution in [1.82, 2.24) is 0 Å². The smallest absolute Gasteiger partial charge is 0.155 e. The zero-order chi connectivity index (χ0) is 22.8. The van der Waals surface area contributed by atoms with Crippen LogP contribution in [0.1, 0.15) is 59.3 Å². The molecule has 4 nitrogen and oxygen atoms in total. The molecular weight excluding hydrogens is 422 g/mol. The number of aliphatic hydroxyl groups excluding tert-OH is 1. The summed E-state index contributed by atoms with van der Waals surface area (Å²) in [5.41, 5.74) is -3.49. The van der Waals surface area contributed by atoms with Gasteiger partial charge in [0.2, 0.25) is 0 Å². The maximum atomic E-state index is 17.2. The van der Waals surface area contributed by atoms with E-state index in [4.69, 9.17) is 9.47 Å². The van der Waals surface area contributed by atoms with Crippen molar-refractivity contribution >= 4 is 17.5 Å². The van der Waals surface area contributed by atoms with Crippen LogP contribution < -0.4 is 0 Å². The van der Waals surface area contributed by atoms with Gasteiger partial charge in [-0.2, -0.15) is 0 Å². The lowest BCUT2D eigenvalue weighted by atomic mass is 9.44. The molecular formula is C24H36F2O4S. The highest BCUT2D eigenvalue weighted by atomic mass is 32.2. The minimum atomic E-state index is -1.98. The first-order valence-electron chi connectivity index (χ1n) is 11.5. The first-order valence-corrected chi connectivity index (χ1v) is 12.8. The molecule has 1 N–H and O–H groups in total. The number of aliphatic hydroxyl groups is 1. The fourth-order valence-corrected chi connectivity index (χ4v) is 9.04. The molecule has 0 aromatic rings. The molecule has 0 heterocycles. The van der Waals surface area contributed by atoms with Crippen molar-refractivity contribution < 1.29 is 28.2 Å². The summed E-state index contributed by atoms with van der Waals surface area (Å²) in [6.07, 6.45) is 2.43. The first kappa shape index (κ1) is 23.7. The van der Waals surface area contributed by atoms with Crippen LogP contribution in [0.2, 0.25) is 0 Å². The minimum absolute atomic E-state index is 0.0167. The summed E-state index contributed by atoms with van der Waals surface area (Å²) in [5.74, 6) is -1.00. The molecule has 31 heavy (non-hydrogen) atoms. The van der Waals surface area contributed by atoms with E-state index in [1.54, 1.807) is 25.8 Å². The Hall–Kier alpha value is -0.500. The number of rotatable bonds is 5. The van der Waals surface area contributed by atoms with Crippen LogP contribution in [0.15, 0.2) is 11.6 Å². The van der Waals surface area contributed by atoms with Gasteiger partial charge in [-0.25, -0.2) is 8.78 Å². The number of alkyl halides is 2. The Kier molecular flexibility index (Phi) is 5.93. The maximum absolute atomic E-state index is 17.2. The van der Waals surface area contributed by atoms with E-state index in [9.17, 15) is 9.90 Å². The highest BCUT2D eigenvalue weighted by Gasteiger charge is 2.76. The van der Waals surface area contributed by atoms with Crippen LogP contribution in [0, 0.1) is 22.7 Å². The van der Waals surface area contributed by atoms with Crippen molar-refractivity contribution in [1.29, 1.82) is 0 Å².